The van der Waals surface area contributed by atoms with E-state index in [1.807, 2.05) is 25.3 Å². The van der Waals surface area contributed by atoms with E-state index in [0.717, 1.165) is 55.2 Å². The number of phenols is 1. The summed E-state index contributed by atoms with van der Waals surface area (Å²) >= 11 is 0. The van der Waals surface area contributed by atoms with E-state index in [0.29, 0.717) is 25.3 Å². The van der Waals surface area contributed by atoms with Gasteiger partial charge in [-0.1, -0.05) is 44.9 Å². The number of phenolic OH excluding ortho intramolecular Hbond substituents is 1. The molecule has 0 bridgehead atoms. The fourth-order valence-electron chi connectivity index (χ4n) is 5.18. The molecule has 3 rings (SSSR count). The number of aromatic hydroxyl groups is 1. The normalized spacial score (nSPS) is 19.3. The molecule has 5 atom stereocenters. The number of aliphatic hydroxyl groups is 2. The first kappa shape index (κ1) is 32.9. The number of unbranched alkanes of at least 4 members (excludes halogenated alkanes) is 1. The van der Waals surface area contributed by atoms with Gasteiger partial charge in [-0.05, 0) is 63.8 Å². The van der Waals surface area contributed by atoms with E-state index in [4.69, 9.17) is 14.5 Å². The topological polar surface area (TPSA) is 116 Å². The number of ether oxygens (including phenoxy) is 2. The molecule has 2 heterocycles. The predicted molar refractivity (Wildman–Crippen MR) is 165 cm³/mol. The summed E-state index contributed by atoms with van der Waals surface area (Å²) in [7, 11) is 0. The van der Waals surface area contributed by atoms with Gasteiger partial charge in [-0.2, -0.15) is 12.5 Å². The minimum absolute atomic E-state index is 0.118. The molecule has 0 fully saturated rings. The molecule has 0 aliphatic carbocycles. The number of aryl methyl sites for hydroxylation is 1. The fourth-order valence-corrected chi connectivity index (χ4v) is 5.18. The van der Waals surface area contributed by atoms with Gasteiger partial charge in [-0.15, -0.1) is 4.99 Å². The van der Waals surface area contributed by atoms with Gasteiger partial charge in [0.05, 0.1) is 18.1 Å². The van der Waals surface area contributed by atoms with Crippen molar-refractivity contribution < 1.29 is 24.8 Å². The second kappa shape index (κ2) is 17.3. The maximum Gasteiger partial charge on any atom is 0.176 e. The summed E-state index contributed by atoms with van der Waals surface area (Å²) in [5.41, 5.74) is 2.19. The highest BCUT2D eigenvalue weighted by molar-refractivity contribution is 5.84. The van der Waals surface area contributed by atoms with Crippen LogP contribution in [0.5, 0.6) is 11.5 Å². The summed E-state index contributed by atoms with van der Waals surface area (Å²) in [6.45, 7) is 9.87. The summed E-state index contributed by atoms with van der Waals surface area (Å²) in [6.07, 6.45) is 14.5. The highest BCUT2D eigenvalue weighted by atomic mass is 16.5. The van der Waals surface area contributed by atoms with Crippen LogP contribution in [0.4, 0.5) is 0 Å². The van der Waals surface area contributed by atoms with Gasteiger partial charge in [0.1, 0.15) is 18.2 Å². The van der Waals surface area contributed by atoms with Crippen LogP contribution in [-0.2, 0) is 11.2 Å². The molecule has 5 N–H and O–H groups in total. The lowest BCUT2D eigenvalue weighted by molar-refractivity contribution is 0.147. The van der Waals surface area contributed by atoms with Crippen molar-refractivity contribution in [3.05, 3.63) is 59.7 Å². The van der Waals surface area contributed by atoms with Gasteiger partial charge in [0.25, 0.3) is 0 Å². The SMILES string of the molecule is CCCCC1[CH-]C=C(CCc2ccc(O)c(OCC(NCC)[C+]3C=C(C(C)C(CCCO)NCC(C)O)C=N3)c2)O1. The Kier molecular flexibility index (Phi) is 13.9. The molecule has 228 valence electrons. The molecule has 0 spiro atoms. The molecule has 2 aliphatic rings. The summed E-state index contributed by atoms with van der Waals surface area (Å²) in [5, 5.41) is 36.5. The van der Waals surface area contributed by atoms with E-state index in [1.54, 1.807) is 13.0 Å². The van der Waals surface area contributed by atoms with Crippen LogP contribution in [0.2, 0.25) is 0 Å². The van der Waals surface area contributed by atoms with E-state index in [2.05, 4.69) is 43.1 Å². The molecule has 1 aromatic rings. The molecule has 0 amide bonds. The zero-order valence-corrected chi connectivity index (χ0v) is 25.3. The molecule has 0 saturated carbocycles. The maximum absolute atomic E-state index is 10.5. The van der Waals surface area contributed by atoms with Gasteiger partial charge < -0.3 is 30.1 Å². The fraction of sp³-hybridized carbons (Fsp3) is 0.606. The first-order valence-electron chi connectivity index (χ1n) is 15.4. The summed E-state index contributed by atoms with van der Waals surface area (Å²) < 4.78 is 12.2. The van der Waals surface area contributed by atoms with Gasteiger partial charge in [0.2, 0.25) is 0 Å². The molecule has 0 saturated heterocycles. The Morgan fingerprint density at radius 1 is 1.17 bits per heavy atom. The highest BCUT2D eigenvalue weighted by Crippen LogP contribution is 2.31. The number of hydrogen-bond donors (Lipinski definition) is 5. The third-order valence-corrected chi connectivity index (χ3v) is 7.69. The summed E-state index contributed by atoms with van der Waals surface area (Å²) in [5.74, 6) is 1.75. The number of likely N-dealkylation sites (N-methyl/N-ethyl adjacent to an activating group) is 1. The number of hydrogen-bond acceptors (Lipinski definition) is 8. The van der Waals surface area contributed by atoms with Crippen LogP contribution in [0.3, 0.4) is 0 Å². The molecule has 8 heteroatoms. The van der Waals surface area contributed by atoms with Crippen LogP contribution < -0.4 is 15.4 Å². The maximum atomic E-state index is 10.5. The molecule has 41 heavy (non-hydrogen) atoms. The molecule has 5 unspecified atom stereocenters. The Hall–Kier alpha value is -2.65. The van der Waals surface area contributed by atoms with E-state index >= 15 is 0 Å². The number of nitrogens with one attached hydrogen (secondary N) is 2. The number of aliphatic hydroxyl groups excluding tert-OH is 2. The second-order valence-corrected chi connectivity index (χ2v) is 11.2. The first-order valence-corrected chi connectivity index (χ1v) is 15.4. The van der Waals surface area contributed by atoms with Gasteiger partial charge in [0.15, 0.2) is 23.8 Å². The van der Waals surface area contributed by atoms with Crippen molar-refractivity contribution in [2.24, 2.45) is 10.9 Å². The van der Waals surface area contributed by atoms with Crippen molar-refractivity contribution >= 4 is 6.21 Å². The van der Waals surface area contributed by atoms with Crippen molar-refractivity contribution in [2.75, 3.05) is 26.3 Å². The van der Waals surface area contributed by atoms with Crippen molar-refractivity contribution in [1.29, 1.82) is 0 Å². The zero-order valence-electron chi connectivity index (χ0n) is 25.3. The van der Waals surface area contributed by atoms with E-state index in [1.165, 1.54) is 12.8 Å². The Morgan fingerprint density at radius 2 is 2.00 bits per heavy atom. The van der Waals surface area contributed by atoms with Gasteiger partial charge in [0, 0.05) is 25.3 Å². The number of allylic oxidation sites excluding steroid dienone is 1. The third-order valence-electron chi connectivity index (χ3n) is 7.69. The van der Waals surface area contributed by atoms with Crippen LogP contribution >= 0.6 is 0 Å². The summed E-state index contributed by atoms with van der Waals surface area (Å²) in [4.78, 5) is 4.71. The Labute approximate surface area is 246 Å². The minimum atomic E-state index is -0.438. The van der Waals surface area contributed by atoms with Crippen molar-refractivity contribution in [3.8, 4) is 11.5 Å². The lowest BCUT2D eigenvalue weighted by atomic mass is 9.89. The first-order chi connectivity index (χ1) is 19.8. The van der Waals surface area contributed by atoms with Crippen LogP contribution in [-0.4, -0.2) is 72.1 Å². The number of aliphatic imine (C=N–C) groups is 1. The molecule has 8 nitrogen and oxygen atoms in total. The monoisotopic (exact) mass is 569 g/mol. The largest absolute Gasteiger partial charge is 0.592 e. The number of nitrogens with zero attached hydrogens (tertiary/aromatic N) is 1. The molecular weight excluding hydrogens is 518 g/mol. The van der Waals surface area contributed by atoms with Crippen molar-refractivity contribution in [2.45, 2.75) is 96.9 Å². The van der Waals surface area contributed by atoms with Crippen LogP contribution in [0, 0.1) is 18.4 Å². The average molecular weight is 570 g/mol. The van der Waals surface area contributed by atoms with E-state index in [-0.39, 0.29) is 36.5 Å². The highest BCUT2D eigenvalue weighted by Gasteiger charge is 2.35. The minimum Gasteiger partial charge on any atom is -0.592 e. The molecule has 1 aromatic carbocycles. The van der Waals surface area contributed by atoms with Crippen LogP contribution in [0.1, 0.15) is 71.8 Å². The zero-order chi connectivity index (χ0) is 29.6. The lowest BCUT2D eigenvalue weighted by Crippen LogP contribution is -2.40. The Balaban J connectivity index is 1.57. The van der Waals surface area contributed by atoms with Crippen LogP contribution in [0.15, 0.2) is 46.7 Å². The quantitative estimate of drug-likeness (QED) is 0.145. The Morgan fingerprint density at radius 3 is 2.73 bits per heavy atom. The summed E-state index contributed by atoms with van der Waals surface area (Å²) in [6, 6.07) is 6.41. The number of benzene rings is 1. The van der Waals surface area contributed by atoms with Crippen molar-refractivity contribution in [3.63, 3.8) is 0 Å². The van der Waals surface area contributed by atoms with Gasteiger partial charge in [-0.25, -0.2) is 0 Å². The van der Waals surface area contributed by atoms with E-state index in [9.17, 15) is 15.3 Å². The van der Waals surface area contributed by atoms with E-state index < -0.39 is 6.10 Å². The standard InChI is InChI=1S/C33H51N3O5/c1-5-7-9-27-14-15-28(41-27)13-11-25-12-16-32(39)33(18-25)40-22-31(34-6-2)30-19-26(21-36-30)24(4)29(10-8-17-37)35-20-23(3)38/h12,14-16,18-19,21,23-24,27,29,31,34-35,37-39H,5-11,13,17,20,22H2,1-4H3. The third kappa shape index (κ3) is 10.6. The van der Waals surface area contributed by atoms with Gasteiger partial charge in [-0.3, -0.25) is 5.32 Å². The van der Waals surface area contributed by atoms with Gasteiger partial charge >= 0.3 is 0 Å². The predicted octanol–water partition coefficient (Wildman–Crippen LogP) is 4.65. The van der Waals surface area contributed by atoms with Crippen LogP contribution in [0.25, 0.3) is 0 Å². The molecular formula is C33H51N3O5. The molecule has 0 radical (unpaired) electrons. The Bertz CT molecular complexity index is 1010. The number of rotatable bonds is 20. The smallest absolute Gasteiger partial charge is 0.176 e. The average Bonchev–Trinajstić information content (AvgIpc) is 3.64. The molecule has 0 aromatic heterocycles. The molecule has 2 aliphatic heterocycles. The second-order valence-electron chi connectivity index (χ2n) is 11.2. The lowest BCUT2D eigenvalue weighted by Gasteiger charge is -2.23. The van der Waals surface area contributed by atoms with Crippen molar-refractivity contribution in [1.82, 2.24) is 10.6 Å².